The third-order valence-electron chi connectivity index (χ3n) is 3.86. The van der Waals surface area contributed by atoms with E-state index >= 15 is 0 Å². The molecule has 28 heavy (non-hydrogen) atoms. The van der Waals surface area contributed by atoms with Gasteiger partial charge in [0.2, 0.25) is 5.89 Å². The first-order valence-corrected chi connectivity index (χ1v) is 10.1. The van der Waals surface area contributed by atoms with E-state index in [1.54, 1.807) is 24.3 Å². The molecule has 0 saturated carbocycles. The fraction of sp³-hybridized carbons (Fsp3) is 0.158. The lowest BCUT2D eigenvalue weighted by atomic mass is 10.2. The molecule has 9 heteroatoms. The van der Waals surface area contributed by atoms with E-state index in [1.165, 1.54) is 40.1 Å². The van der Waals surface area contributed by atoms with E-state index in [0.717, 1.165) is 4.88 Å². The maximum absolute atomic E-state index is 13.1. The Morgan fingerprint density at radius 2 is 1.93 bits per heavy atom. The molecule has 144 valence electrons. The maximum Gasteiger partial charge on any atom is 0.406 e. The van der Waals surface area contributed by atoms with Crippen LogP contribution in [0.3, 0.4) is 0 Å². The van der Waals surface area contributed by atoms with Gasteiger partial charge in [0.15, 0.2) is 5.16 Å². The second-order valence-electron chi connectivity index (χ2n) is 5.90. The molecule has 0 aliphatic rings. The molecule has 0 N–H and O–H groups in total. The summed E-state index contributed by atoms with van der Waals surface area (Å²) in [7, 11) is 0. The molecule has 0 atom stereocenters. The Balaban J connectivity index is 1.56. The Kier molecular flexibility index (Phi) is 5.27. The molecule has 0 unspecified atom stereocenters. The summed E-state index contributed by atoms with van der Waals surface area (Å²) in [5.74, 6) is 0.868. The number of hydrogen-bond donors (Lipinski definition) is 0. The number of halogens is 3. The number of hydrogen-bond acceptors (Lipinski definition) is 5. The second-order valence-corrected chi connectivity index (χ2v) is 7.79. The molecule has 4 nitrogen and oxygen atoms in total. The number of alkyl halides is 3. The Bertz CT molecular complexity index is 1040. The molecular formula is C19H14F3N3OS2. The zero-order valence-electron chi connectivity index (χ0n) is 14.4. The standard InChI is InChI=1S/C19H14F3N3OS2/c20-19(21,22)12-25-15(13-5-2-1-3-6-13)9-23-18(25)28-11-14-10-26-17(24-14)16-7-4-8-27-16/h1-10H,11-12H2. The quantitative estimate of drug-likeness (QED) is 0.352. The summed E-state index contributed by atoms with van der Waals surface area (Å²) in [4.78, 5) is 9.52. The van der Waals surface area contributed by atoms with Crippen molar-refractivity contribution in [3.05, 3.63) is 66.0 Å². The average molecular weight is 421 g/mol. The van der Waals surface area contributed by atoms with E-state index in [0.29, 0.717) is 28.6 Å². The summed E-state index contributed by atoms with van der Waals surface area (Å²) in [5, 5.41) is 2.21. The van der Waals surface area contributed by atoms with Crippen molar-refractivity contribution in [2.24, 2.45) is 0 Å². The predicted octanol–water partition coefficient (Wildman–Crippen LogP) is 6.12. The molecule has 4 rings (SSSR count). The van der Waals surface area contributed by atoms with Crippen LogP contribution in [0.15, 0.2) is 69.9 Å². The summed E-state index contributed by atoms with van der Waals surface area (Å²) in [6.45, 7) is -1.10. The summed E-state index contributed by atoms with van der Waals surface area (Å²) < 4.78 is 46.1. The van der Waals surface area contributed by atoms with Crippen LogP contribution in [0.4, 0.5) is 13.2 Å². The molecule has 0 radical (unpaired) electrons. The maximum atomic E-state index is 13.1. The van der Waals surface area contributed by atoms with Crippen molar-refractivity contribution in [2.75, 3.05) is 0 Å². The number of aromatic nitrogens is 3. The van der Waals surface area contributed by atoms with Gasteiger partial charge < -0.3 is 8.98 Å². The molecule has 4 aromatic rings. The van der Waals surface area contributed by atoms with Crippen molar-refractivity contribution in [3.63, 3.8) is 0 Å². The normalized spacial score (nSPS) is 11.8. The van der Waals surface area contributed by atoms with Gasteiger partial charge in [-0.3, -0.25) is 0 Å². The highest BCUT2D eigenvalue weighted by Gasteiger charge is 2.30. The smallest absolute Gasteiger partial charge is 0.406 e. The summed E-state index contributed by atoms with van der Waals surface area (Å²) in [5.41, 5.74) is 1.77. The van der Waals surface area contributed by atoms with Crippen LogP contribution in [-0.4, -0.2) is 20.7 Å². The van der Waals surface area contributed by atoms with Crippen LogP contribution >= 0.6 is 23.1 Å². The zero-order chi connectivity index (χ0) is 19.6. The van der Waals surface area contributed by atoms with Gasteiger partial charge in [-0.05, 0) is 17.0 Å². The average Bonchev–Trinajstić information content (AvgIpc) is 3.40. The van der Waals surface area contributed by atoms with Gasteiger partial charge in [-0.25, -0.2) is 9.97 Å². The lowest BCUT2D eigenvalue weighted by Gasteiger charge is -2.14. The number of benzene rings is 1. The molecule has 0 amide bonds. The fourth-order valence-corrected chi connectivity index (χ4v) is 4.18. The molecule has 0 bridgehead atoms. The Hall–Kier alpha value is -2.52. The number of oxazole rings is 1. The van der Waals surface area contributed by atoms with Crippen LogP contribution in [0, 0.1) is 0 Å². The lowest BCUT2D eigenvalue weighted by molar-refractivity contribution is -0.141. The van der Waals surface area contributed by atoms with E-state index in [-0.39, 0.29) is 5.16 Å². The van der Waals surface area contributed by atoms with Gasteiger partial charge in [-0.2, -0.15) is 13.2 Å². The van der Waals surface area contributed by atoms with Gasteiger partial charge in [-0.15, -0.1) is 11.3 Å². The SMILES string of the molecule is FC(F)(F)Cn1c(-c2ccccc2)cnc1SCc1coc(-c2cccs2)n1. The minimum absolute atomic E-state index is 0.289. The van der Waals surface area contributed by atoms with Gasteiger partial charge >= 0.3 is 6.18 Å². The molecule has 0 aliphatic heterocycles. The van der Waals surface area contributed by atoms with Gasteiger partial charge in [0.05, 0.1) is 22.5 Å². The Morgan fingerprint density at radius 1 is 1.11 bits per heavy atom. The predicted molar refractivity (Wildman–Crippen MR) is 103 cm³/mol. The van der Waals surface area contributed by atoms with Crippen LogP contribution in [0.1, 0.15) is 5.69 Å². The summed E-state index contributed by atoms with van der Waals surface area (Å²) >= 11 is 2.71. The highest BCUT2D eigenvalue weighted by atomic mass is 32.2. The molecule has 0 spiro atoms. The topological polar surface area (TPSA) is 43.9 Å². The molecule has 1 aromatic carbocycles. The number of rotatable bonds is 6. The van der Waals surface area contributed by atoms with Crippen LogP contribution in [-0.2, 0) is 12.3 Å². The molecule has 3 heterocycles. The van der Waals surface area contributed by atoms with Gasteiger partial charge in [0.1, 0.15) is 12.8 Å². The number of imidazole rings is 1. The molecule has 3 aromatic heterocycles. The minimum Gasteiger partial charge on any atom is -0.444 e. The molecule has 0 aliphatic carbocycles. The fourth-order valence-electron chi connectivity index (χ4n) is 2.67. The van der Waals surface area contributed by atoms with Crippen LogP contribution in [0.5, 0.6) is 0 Å². The van der Waals surface area contributed by atoms with Crippen molar-refractivity contribution in [3.8, 4) is 22.0 Å². The Labute approximate surface area is 167 Å². The third-order valence-corrected chi connectivity index (χ3v) is 5.74. The van der Waals surface area contributed by atoms with Crippen LogP contribution < -0.4 is 0 Å². The number of thiophene rings is 1. The number of nitrogens with zero attached hydrogens (tertiary/aromatic N) is 3. The first-order valence-electron chi connectivity index (χ1n) is 8.28. The second kappa shape index (κ2) is 7.84. The molecule has 0 fully saturated rings. The van der Waals surface area contributed by atoms with E-state index < -0.39 is 12.7 Å². The van der Waals surface area contributed by atoms with Crippen molar-refractivity contribution in [2.45, 2.75) is 23.6 Å². The first-order chi connectivity index (χ1) is 13.5. The third kappa shape index (κ3) is 4.31. The van der Waals surface area contributed by atoms with Crippen molar-refractivity contribution in [1.29, 1.82) is 0 Å². The van der Waals surface area contributed by atoms with Gasteiger partial charge in [-0.1, -0.05) is 48.2 Å². The van der Waals surface area contributed by atoms with Crippen LogP contribution in [0.2, 0.25) is 0 Å². The highest BCUT2D eigenvalue weighted by Crippen LogP contribution is 2.32. The zero-order valence-corrected chi connectivity index (χ0v) is 16.0. The van der Waals surface area contributed by atoms with Gasteiger partial charge in [0, 0.05) is 5.75 Å². The lowest BCUT2D eigenvalue weighted by Crippen LogP contribution is -2.19. The van der Waals surface area contributed by atoms with E-state index in [9.17, 15) is 13.2 Å². The highest BCUT2D eigenvalue weighted by molar-refractivity contribution is 7.98. The first kappa shape index (κ1) is 18.8. The van der Waals surface area contributed by atoms with E-state index in [1.807, 2.05) is 23.6 Å². The van der Waals surface area contributed by atoms with E-state index in [4.69, 9.17) is 4.42 Å². The van der Waals surface area contributed by atoms with Crippen molar-refractivity contribution >= 4 is 23.1 Å². The monoisotopic (exact) mass is 421 g/mol. The van der Waals surface area contributed by atoms with E-state index in [2.05, 4.69) is 9.97 Å². The Morgan fingerprint density at radius 3 is 2.64 bits per heavy atom. The van der Waals surface area contributed by atoms with Gasteiger partial charge in [0.25, 0.3) is 0 Å². The minimum atomic E-state index is -4.35. The van der Waals surface area contributed by atoms with Crippen molar-refractivity contribution in [1.82, 2.24) is 14.5 Å². The summed E-state index contributed by atoms with van der Waals surface area (Å²) in [6.07, 6.45) is -1.35. The van der Waals surface area contributed by atoms with Crippen LogP contribution in [0.25, 0.3) is 22.0 Å². The molecular weight excluding hydrogens is 407 g/mol. The largest absolute Gasteiger partial charge is 0.444 e. The van der Waals surface area contributed by atoms with Crippen molar-refractivity contribution < 1.29 is 17.6 Å². The number of thioether (sulfide) groups is 1. The summed E-state index contributed by atoms with van der Waals surface area (Å²) in [6, 6.07) is 12.7. The molecule has 0 saturated heterocycles.